The first-order valence-electron chi connectivity index (χ1n) is 5.58. The molecular formula is C11H19NO. The van der Waals surface area contributed by atoms with E-state index in [0.29, 0.717) is 11.7 Å². The van der Waals surface area contributed by atoms with Crippen molar-refractivity contribution < 1.29 is 4.79 Å². The fourth-order valence-corrected chi connectivity index (χ4v) is 2.67. The fraction of sp³-hybridized carbons (Fsp3) is 0.909. The summed E-state index contributed by atoms with van der Waals surface area (Å²) in [4.78, 5) is 13.8. The molecule has 13 heavy (non-hydrogen) atoms. The molecule has 3 saturated heterocycles. The Balaban J connectivity index is 1.91. The van der Waals surface area contributed by atoms with Gasteiger partial charge in [-0.25, -0.2) is 0 Å². The van der Waals surface area contributed by atoms with Crippen molar-refractivity contribution in [2.24, 2.45) is 5.92 Å². The maximum Gasteiger partial charge on any atom is 0.150 e. The van der Waals surface area contributed by atoms with Gasteiger partial charge in [-0.1, -0.05) is 19.8 Å². The monoisotopic (exact) mass is 181 g/mol. The highest BCUT2D eigenvalue weighted by Crippen LogP contribution is 2.31. The average molecular weight is 181 g/mol. The molecule has 0 aromatic heterocycles. The molecule has 74 valence electrons. The minimum atomic E-state index is 0.423. The Kier molecular flexibility index (Phi) is 2.68. The van der Waals surface area contributed by atoms with Crippen LogP contribution in [0.25, 0.3) is 0 Å². The van der Waals surface area contributed by atoms with Crippen LogP contribution in [0.4, 0.5) is 0 Å². The van der Waals surface area contributed by atoms with Crippen molar-refractivity contribution in [3.8, 4) is 0 Å². The van der Waals surface area contributed by atoms with E-state index in [9.17, 15) is 4.79 Å². The number of nitrogens with zero attached hydrogens (tertiary/aromatic N) is 1. The zero-order valence-corrected chi connectivity index (χ0v) is 8.46. The van der Waals surface area contributed by atoms with Gasteiger partial charge in [0.2, 0.25) is 0 Å². The van der Waals surface area contributed by atoms with Crippen LogP contribution in [0.15, 0.2) is 0 Å². The van der Waals surface area contributed by atoms with Crippen LogP contribution in [0.1, 0.15) is 39.0 Å². The van der Waals surface area contributed by atoms with E-state index in [4.69, 9.17) is 0 Å². The molecule has 0 aliphatic carbocycles. The Hall–Kier alpha value is -0.370. The highest BCUT2D eigenvalue weighted by atomic mass is 16.1. The summed E-state index contributed by atoms with van der Waals surface area (Å²) in [5.74, 6) is 0.922. The molecule has 0 radical (unpaired) electrons. The molecule has 3 aliphatic heterocycles. The first-order chi connectivity index (χ1) is 6.31. The second-order valence-electron chi connectivity index (χ2n) is 4.45. The van der Waals surface area contributed by atoms with E-state index < -0.39 is 0 Å². The summed E-state index contributed by atoms with van der Waals surface area (Å²) in [7, 11) is 0. The second-order valence-corrected chi connectivity index (χ2v) is 4.45. The molecule has 0 N–H and O–H groups in total. The SMILES string of the molecule is CCCCC1CC2CCN1CC2=O. The zero-order chi connectivity index (χ0) is 9.26. The first kappa shape index (κ1) is 9.20. The normalized spacial score (nSPS) is 38.2. The van der Waals surface area contributed by atoms with Crippen molar-refractivity contribution in [3.63, 3.8) is 0 Å². The third kappa shape index (κ3) is 1.78. The summed E-state index contributed by atoms with van der Waals surface area (Å²) < 4.78 is 0. The lowest BCUT2D eigenvalue weighted by molar-refractivity contribution is -0.133. The van der Waals surface area contributed by atoms with Crippen LogP contribution < -0.4 is 0 Å². The molecule has 3 heterocycles. The van der Waals surface area contributed by atoms with Gasteiger partial charge in [0, 0.05) is 12.0 Å². The summed E-state index contributed by atoms with van der Waals surface area (Å²) >= 11 is 0. The van der Waals surface area contributed by atoms with Gasteiger partial charge < -0.3 is 0 Å². The van der Waals surface area contributed by atoms with Crippen LogP contribution in [0.3, 0.4) is 0 Å². The predicted octanol–water partition coefficient (Wildman–Crippen LogP) is 1.84. The van der Waals surface area contributed by atoms with Crippen LogP contribution in [-0.4, -0.2) is 29.8 Å². The van der Waals surface area contributed by atoms with E-state index in [1.165, 1.54) is 25.8 Å². The second kappa shape index (κ2) is 3.79. The van der Waals surface area contributed by atoms with Gasteiger partial charge in [0.15, 0.2) is 0 Å². The van der Waals surface area contributed by atoms with Crippen molar-refractivity contribution in [2.75, 3.05) is 13.1 Å². The third-order valence-corrected chi connectivity index (χ3v) is 3.54. The lowest BCUT2D eigenvalue weighted by atomic mass is 9.81. The molecular weight excluding hydrogens is 162 g/mol. The summed E-state index contributed by atoms with van der Waals surface area (Å²) in [5, 5.41) is 0. The number of hydrogen-bond donors (Lipinski definition) is 0. The standard InChI is InChI=1S/C11H19NO/c1-2-3-4-10-7-9-5-6-12(10)8-11(9)13/h9-10H,2-8H2,1H3. The number of Topliss-reactive ketones (excluding diaryl/α,β-unsaturated/α-hetero) is 1. The van der Waals surface area contributed by atoms with Crippen molar-refractivity contribution in [1.82, 2.24) is 4.90 Å². The van der Waals surface area contributed by atoms with E-state index in [1.807, 2.05) is 0 Å². The molecule has 0 amide bonds. The number of rotatable bonds is 3. The van der Waals surface area contributed by atoms with Crippen molar-refractivity contribution in [2.45, 2.75) is 45.1 Å². The molecule has 3 unspecified atom stereocenters. The van der Waals surface area contributed by atoms with E-state index in [-0.39, 0.29) is 0 Å². The van der Waals surface area contributed by atoms with Gasteiger partial charge in [0.05, 0.1) is 6.54 Å². The van der Waals surface area contributed by atoms with Crippen molar-refractivity contribution >= 4 is 5.78 Å². The molecule has 3 fully saturated rings. The number of piperidine rings is 3. The molecule has 2 bridgehead atoms. The van der Waals surface area contributed by atoms with Gasteiger partial charge in [0.25, 0.3) is 0 Å². The predicted molar refractivity (Wildman–Crippen MR) is 52.6 cm³/mol. The quantitative estimate of drug-likeness (QED) is 0.662. The number of carbonyl (C=O) groups is 1. The minimum absolute atomic E-state index is 0.423. The molecule has 3 atom stereocenters. The lowest BCUT2D eigenvalue weighted by Crippen LogP contribution is -2.53. The Labute approximate surface area is 80.3 Å². The number of carbonyl (C=O) groups excluding carboxylic acids is 1. The maximum atomic E-state index is 11.4. The summed E-state index contributed by atoms with van der Waals surface area (Å²) in [6.07, 6.45) is 6.19. The van der Waals surface area contributed by atoms with Crippen LogP contribution in [0.5, 0.6) is 0 Å². The molecule has 0 spiro atoms. The van der Waals surface area contributed by atoms with Crippen LogP contribution >= 0.6 is 0 Å². The maximum absolute atomic E-state index is 11.4. The molecule has 2 heteroatoms. The molecule has 0 aromatic carbocycles. The number of unbranched alkanes of at least 4 members (excludes halogenated alkanes) is 1. The summed E-state index contributed by atoms with van der Waals surface area (Å²) in [6.45, 7) is 4.16. The Morgan fingerprint density at radius 3 is 2.92 bits per heavy atom. The van der Waals surface area contributed by atoms with E-state index >= 15 is 0 Å². The number of ketones is 1. The molecule has 0 aromatic rings. The topological polar surface area (TPSA) is 20.3 Å². The highest BCUT2D eigenvalue weighted by Gasteiger charge is 2.38. The third-order valence-electron chi connectivity index (χ3n) is 3.54. The van der Waals surface area contributed by atoms with Crippen molar-refractivity contribution in [3.05, 3.63) is 0 Å². The molecule has 3 rings (SSSR count). The number of hydrogen-bond acceptors (Lipinski definition) is 2. The molecule has 2 nitrogen and oxygen atoms in total. The van der Waals surface area contributed by atoms with E-state index in [1.54, 1.807) is 0 Å². The molecule has 3 aliphatic rings. The van der Waals surface area contributed by atoms with Gasteiger partial charge in [-0.2, -0.15) is 0 Å². The van der Waals surface area contributed by atoms with Gasteiger partial charge in [-0.3, -0.25) is 9.69 Å². The summed E-state index contributed by atoms with van der Waals surface area (Å²) in [6, 6.07) is 0.733. The first-order valence-corrected chi connectivity index (χ1v) is 5.58. The van der Waals surface area contributed by atoms with Crippen LogP contribution in [0.2, 0.25) is 0 Å². The van der Waals surface area contributed by atoms with Crippen LogP contribution in [0, 0.1) is 5.92 Å². The van der Waals surface area contributed by atoms with Gasteiger partial charge >= 0.3 is 0 Å². The van der Waals surface area contributed by atoms with E-state index in [0.717, 1.165) is 25.4 Å². The minimum Gasteiger partial charge on any atom is -0.298 e. The zero-order valence-electron chi connectivity index (χ0n) is 8.46. The Morgan fingerprint density at radius 2 is 2.38 bits per heavy atom. The van der Waals surface area contributed by atoms with Crippen molar-refractivity contribution in [1.29, 1.82) is 0 Å². The van der Waals surface area contributed by atoms with Gasteiger partial charge in [0.1, 0.15) is 5.78 Å². The smallest absolute Gasteiger partial charge is 0.150 e. The lowest BCUT2D eigenvalue weighted by Gasteiger charge is -2.44. The average Bonchev–Trinajstić information content (AvgIpc) is 2.16. The van der Waals surface area contributed by atoms with Crippen LogP contribution in [-0.2, 0) is 4.79 Å². The van der Waals surface area contributed by atoms with Gasteiger partial charge in [-0.15, -0.1) is 0 Å². The van der Waals surface area contributed by atoms with E-state index in [2.05, 4.69) is 11.8 Å². The Bertz CT molecular complexity index is 202. The largest absolute Gasteiger partial charge is 0.298 e. The summed E-state index contributed by atoms with van der Waals surface area (Å²) in [5.41, 5.74) is 0. The Morgan fingerprint density at radius 1 is 1.54 bits per heavy atom. The number of fused-ring (bicyclic) bond motifs is 3. The highest BCUT2D eigenvalue weighted by molar-refractivity contribution is 5.84. The fourth-order valence-electron chi connectivity index (χ4n) is 2.67. The van der Waals surface area contributed by atoms with Gasteiger partial charge in [-0.05, 0) is 25.8 Å². The molecule has 0 saturated carbocycles.